The molecule has 0 spiro atoms. The molecule has 1 heterocycles. The smallest absolute Gasteiger partial charge is 0.0546 e. The fourth-order valence-corrected chi connectivity index (χ4v) is 3.15. The Hall–Kier alpha value is -1.76. The Labute approximate surface area is 109 Å². The first-order valence-corrected chi connectivity index (χ1v) is 6.81. The molecular weight excluding hydrogens is 218 g/mol. The summed E-state index contributed by atoms with van der Waals surface area (Å²) in [4.78, 5) is 2.53. The number of hydrogen-bond donors (Lipinski definition) is 0. The maximum absolute atomic E-state index is 2.53. The van der Waals surface area contributed by atoms with Crippen molar-refractivity contribution in [2.45, 2.75) is 26.3 Å². The van der Waals surface area contributed by atoms with Gasteiger partial charge in [0.2, 0.25) is 0 Å². The van der Waals surface area contributed by atoms with Crippen LogP contribution in [-0.2, 0) is 0 Å². The minimum absolute atomic E-state index is 0.515. The molecule has 1 atom stereocenters. The van der Waals surface area contributed by atoms with Gasteiger partial charge in [0, 0.05) is 17.8 Å². The predicted octanol–water partition coefficient (Wildman–Crippen LogP) is 4.64. The highest BCUT2D eigenvalue weighted by molar-refractivity contribution is 5.84. The first kappa shape index (κ1) is 11.3. The van der Waals surface area contributed by atoms with Crippen LogP contribution in [0.1, 0.15) is 31.9 Å². The third kappa shape index (κ3) is 1.54. The molecule has 0 aliphatic carbocycles. The Morgan fingerprint density at radius 3 is 2.28 bits per heavy atom. The van der Waals surface area contributed by atoms with Gasteiger partial charge < -0.3 is 4.90 Å². The van der Waals surface area contributed by atoms with Gasteiger partial charge >= 0.3 is 0 Å². The molecule has 1 heteroatoms. The van der Waals surface area contributed by atoms with Crippen molar-refractivity contribution in [3.05, 3.63) is 54.1 Å². The van der Waals surface area contributed by atoms with Crippen LogP contribution in [0.15, 0.2) is 48.5 Å². The van der Waals surface area contributed by atoms with Crippen LogP contribution in [0, 0.1) is 0 Å². The summed E-state index contributed by atoms with van der Waals surface area (Å²) in [7, 11) is 0. The second-order valence-electron chi connectivity index (χ2n) is 4.81. The zero-order valence-electron chi connectivity index (χ0n) is 11.1. The highest BCUT2D eigenvalue weighted by atomic mass is 15.2. The summed E-state index contributed by atoms with van der Waals surface area (Å²) in [5.41, 5.74) is 5.63. The van der Waals surface area contributed by atoms with Crippen LogP contribution in [0.4, 0.5) is 5.69 Å². The molecule has 0 fully saturated rings. The molecule has 2 aromatic rings. The van der Waals surface area contributed by atoms with Gasteiger partial charge in [0.25, 0.3) is 0 Å². The first-order valence-electron chi connectivity index (χ1n) is 6.81. The van der Waals surface area contributed by atoms with E-state index < -0.39 is 0 Å². The quantitative estimate of drug-likeness (QED) is 0.735. The van der Waals surface area contributed by atoms with Crippen molar-refractivity contribution in [2.75, 3.05) is 11.4 Å². The summed E-state index contributed by atoms with van der Waals surface area (Å²) in [6.45, 7) is 5.58. The van der Waals surface area contributed by atoms with Gasteiger partial charge in [-0.2, -0.15) is 0 Å². The lowest BCUT2D eigenvalue weighted by atomic mass is 9.87. The molecule has 0 saturated carbocycles. The number of nitrogens with zero attached hydrogens (tertiary/aromatic N) is 1. The topological polar surface area (TPSA) is 3.24 Å². The minimum Gasteiger partial charge on any atom is -0.364 e. The average molecular weight is 237 g/mol. The average Bonchev–Trinajstić information content (AvgIpc) is 2.45. The molecule has 0 N–H and O–H groups in total. The molecule has 1 unspecified atom stereocenters. The number of para-hydroxylation sites is 1. The first-order chi connectivity index (χ1) is 8.86. The van der Waals surface area contributed by atoms with E-state index in [0.29, 0.717) is 6.04 Å². The Morgan fingerprint density at radius 1 is 0.889 bits per heavy atom. The van der Waals surface area contributed by atoms with E-state index >= 15 is 0 Å². The molecule has 18 heavy (non-hydrogen) atoms. The number of anilines is 1. The van der Waals surface area contributed by atoms with Crippen LogP contribution in [0.5, 0.6) is 0 Å². The zero-order chi connectivity index (χ0) is 12.5. The van der Waals surface area contributed by atoms with Gasteiger partial charge in [-0.15, -0.1) is 0 Å². The van der Waals surface area contributed by atoms with Crippen molar-refractivity contribution in [3.63, 3.8) is 0 Å². The third-order valence-electron chi connectivity index (χ3n) is 3.93. The molecule has 1 aliphatic heterocycles. The molecule has 0 aromatic heterocycles. The monoisotopic (exact) mass is 237 g/mol. The predicted molar refractivity (Wildman–Crippen MR) is 77.9 cm³/mol. The lowest BCUT2D eigenvalue weighted by molar-refractivity contribution is 0.610. The Kier molecular flexibility index (Phi) is 2.83. The van der Waals surface area contributed by atoms with Crippen LogP contribution >= 0.6 is 0 Å². The fraction of sp³-hybridized carbons (Fsp3) is 0.294. The maximum atomic E-state index is 2.53. The third-order valence-corrected chi connectivity index (χ3v) is 3.93. The van der Waals surface area contributed by atoms with Crippen molar-refractivity contribution >= 4 is 5.69 Å². The molecule has 2 aromatic carbocycles. The highest BCUT2D eigenvalue weighted by Crippen LogP contribution is 2.45. The van der Waals surface area contributed by atoms with Gasteiger partial charge in [0.1, 0.15) is 0 Å². The molecule has 0 bridgehead atoms. The molecule has 1 aliphatic rings. The largest absolute Gasteiger partial charge is 0.364 e. The highest BCUT2D eigenvalue weighted by Gasteiger charge is 2.27. The Morgan fingerprint density at radius 2 is 1.56 bits per heavy atom. The number of hydrogen-bond acceptors (Lipinski definition) is 1. The van der Waals surface area contributed by atoms with Crippen molar-refractivity contribution in [2.24, 2.45) is 0 Å². The second kappa shape index (κ2) is 4.49. The van der Waals surface area contributed by atoms with Crippen molar-refractivity contribution < 1.29 is 0 Å². The van der Waals surface area contributed by atoms with Gasteiger partial charge in [-0.05, 0) is 30.5 Å². The lowest BCUT2D eigenvalue weighted by Crippen LogP contribution is -2.31. The maximum Gasteiger partial charge on any atom is 0.0546 e. The van der Waals surface area contributed by atoms with Crippen LogP contribution in [0.25, 0.3) is 11.1 Å². The van der Waals surface area contributed by atoms with E-state index in [-0.39, 0.29) is 0 Å². The number of benzene rings is 2. The van der Waals surface area contributed by atoms with E-state index in [1.165, 1.54) is 22.4 Å². The van der Waals surface area contributed by atoms with E-state index in [0.717, 1.165) is 13.0 Å². The summed E-state index contributed by atoms with van der Waals surface area (Å²) in [6, 6.07) is 18.1. The zero-order valence-corrected chi connectivity index (χ0v) is 11.1. The van der Waals surface area contributed by atoms with E-state index in [9.17, 15) is 0 Å². The van der Waals surface area contributed by atoms with Crippen LogP contribution in [0.3, 0.4) is 0 Å². The summed E-state index contributed by atoms with van der Waals surface area (Å²) < 4.78 is 0. The van der Waals surface area contributed by atoms with Gasteiger partial charge in [0.05, 0.1) is 6.04 Å². The van der Waals surface area contributed by atoms with Crippen LogP contribution < -0.4 is 4.90 Å². The molecule has 0 amide bonds. The fourth-order valence-electron chi connectivity index (χ4n) is 3.15. The molecule has 92 valence electrons. The molecule has 0 saturated heterocycles. The van der Waals surface area contributed by atoms with Crippen LogP contribution in [0.2, 0.25) is 0 Å². The summed E-state index contributed by atoms with van der Waals surface area (Å²) >= 11 is 0. The van der Waals surface area contributed by atoms with Crippen molar-refractivity contribution in [1.29, 1.82) is 0 Å². The van der Waals surface area contributed by atoms with Gasteiger partial charge in [0.15, 0.2) is 0 Å². The van der Waals surface area contributed by atoms with Gasteiger partial charge in [-0.25, -0.2) is 0 Å². The Bertz CT molecular complexity index is 508. The Balaban J connectivity index is 2.27. The minimum atomic E-state index is 0.515. The van der Waals surface area contributed by atoms with Gasteiger partial charge in [-0.1, -0.05) is 49.4 Å². The van der Waals surface area contributed by atoms with Crippen molar-refractivity contribution in [3.8, 4) is 11.1 Å². The molecule has 0 radical (unpaired) electrons. The normalized spacial score (nSPS) is 17.2. The van der Waals surface area contributed by atoms with E-state index in [1.54, 1.807) is 0 Å². The van der Waals surface area contributed by atoms with E-state index in [4.69, 9.17) is 0 Å². The summed E-state index contributed by atoms with van der Waals surface area (Å²) in [5, 5.41) is 0. The van der Waals surface area contributed by atoms with E-state index in [2.05, 4.69) is 67.3 Å². The molecule has 3 rings (SSSR count). The summed E-state index contributed by atoms with van der Waals surface area (Å²) in [6.07, 6.45) is 1.15. The number of rotatable bonds is 2. The standard InChI is InChI=1S/C17H19N/c1-3-16-14-10-6-5-9-13(14)15-11-7-8-12-17(15)18(16)4-2/h5-12,16H,3-4H2,1-2H3. The lowest BCUT2D eigenvalue weighted by Gasteiger charge is -2.39. The van der Waals surface area contributed by atoms with Crippen molar-refractivity contribution in [1.82, 2.24) is 0 Å². The molecule has 1 nitrogen and oxygen atoms in total. The number of fused-ring (bicyclic) bond motifs is 3. The second-order valence-corrected chi connectivity index (χ2v) is 4.81. The SMILES string of the molecule is CCC1c2ccccc2-c2ccccc2N1CC. The summed E-state index contributed by atoms with van der Waals surface area (Å²) in [5.74, 6) is 0. The van der Waals surface area contributed by atoms with Gasteiger partial charge in [-0.3, -0.25) is 0 Å². The molecular formula is C17H19N. The van der Waals surface area contributed by atoms with Crippen LogP contribution in [-0.4, -0.2) is 6.54 Å². The van der Waals surface area contributed by atoms with E-state index in [1.807, 2.05) is 0 Å².